The Bertz CT molecular complexity index is 240. The van der Waals surface area contributed by atoms with E-state index in [2.05, 4.69) is 0 Å². The van der Waals surface area contributed by atoms with Gasteiger partial charge in [0.05, 0.1) is 65.7 Å². The minimum absolute atomic E-state index is 0. The molecular formula is C12H24Cl2O8. The fraction of sp³-hybridized carbons (Fsp3) is 0.833. The van der Waals surface area contributed by atoms with E-state index >= 15 is 0 Å². The zero-order valence-corrected chi connectivity index (χ0v) is 13.9. The summed E-state index contributed by atoms with van der Waals surface area (Å²) in [5.74, 6) is -1.77. The SMILES string of the molecule is Cl.Cl.O=C(O)CCOCCOCCOCCOCCC(=O)O. The van der Waals surface area contributed by atoms with Gasteiger partial charge in [-0.1, -0.05) is 0 Å². The highest BCUT2D eigenvalue weighted by Gasteiger charge is 1.97. The molecule has 0 atom stereocenters. The Hall–Kier alpha value is -0.640. The van der Waals surface area contributed by atoms with E-state index in [1.54, 1.807) is 0 Å². The van der Waals surface area contributed by atoms with E-state index in [0.29, 0.717) is 39.6 Å². The average molecular weight is 367 g/mol. The molecule has 0 spiro atoms. The number of halogens is 2. The van der Waals surface area contributed by atoms with Crippen LogP contribution in [0.25, 0.3) is 0 Å². The lowest BCUT2D eigenvalue weighted by atomic mass is 10.5. The third-order valence-electron chi connectivity index (χ3n) is 2.04. The smallest absolute Gasteiger partial charge is 0.305 e. The van der Waals surface area contributed by atoms with E-state index in [0.717, 1.165) is 0 Å². The third-order valence-corrected chi connectivity index (χ3v) is 2.04. The van der Waals surface area contributed by atoms with Crippen molar-refractivity contribution < 1.29 is 38.7 Å². The standard InChI is InChI=1S/C12H22O8.2ClH/c13-11(14)1-3-17-5-7-19-9-10-20-8-6-18-4-2-12(15)16;;/h1-10H2,(H,13,14)(H,15,16);2*1H. The van der Waals surface area contributed by atoms with E-state index in [1.807, 2.05) is 0 Å². The summed E-state index contributed by atoms with van der Waals surface area (Å²) in [5, 5.41) is 16.7. The number of carboxylic acid groups (broad SMARTS) is 2. The minimum Gasteiger partial charge on any atom is -0.481 e. The van der Waals surface area contributed by atoms with Crippen LogP contribution in [0, 0.1) is 0 Å². The molecule has 0 radical (unpaired) electrons. The van der Waals surface area contributed by atoms with Crippen LogP contribution in [0.3, 0.4) is 0 Å². The van der Waals surface area contributed by atoms with Crippen molar-refractivity contribution in [3.8, 4) is 0 Å². The highest BCUT2D eigenvalue weighted by atomic mass is 35.5. The Labute approximate surface area is 141 Å². The van der Waals surface area contributed by atoms with Gasteiger partial charge in [-0.25, -0.2) is 0 Å². The van der Waals surface area contributed by atoms with Gasteiger partial charge in [-0.15, -0.1) is 24.8 Å². The second-order valence-electron chi connectivity index (χ2n) is 3.74. The summed E-state index contributed by atoms with van der Waals surface area (Å²) in [6.07, 6.45) is -0.0179. The molecule has 0 fully saturated rings. The van der Waals surface area contributed by atoms with E-state index < -0.39 is 11.9 Å². The first-order valence-electron chi connectivity index (χ1n) is 6.37. The average Bonchev–Trinajstić information content (AvgIpc) is 2.38. The largest absolute Gasteiger partial charge is 0.481 e. The zero-order chi connectivity index (χ0) is 15.1. The van der Waals surface area contributed by atoms with Gasteiger partial charge in [0.1, 0.15) is 0 Å². The molecule has 0 saturated carbocycles. The summed E-state index contributed by atoms with van der Waals surface area (Å²) in [5.41, 5.74) is 0. The predicted octanol–water partition coefficient (Wildman–Crippen LogP) is 0.846. The molecule has 2 N–H and O–H groups in total. The minimum atomic E-state index is -0.884. The number of hydrogen-bond donors (Lipinski definition) is 2. The fourth-order valence-corrected chi connectivity index (χ4v) is 1.08. The number of carbonyl (C=O) groups is 2. The Kier molecular flexibility index (Phi) is 24.3. The van der Waals surface area contributed by atoms with Crippen LogP contribution in [-0.4, -0.2) is 75.0 Å². The fourth-order valence-electron chi connectivity index (χ4n) is 1.08. The van der Waals surface area contributed by atoms with Gasteiger partial charge in [-0.2, -0.15) is 0 Å². The van der Waals surface area contributed by atoms with Crippen molar-refractivity contribution >= 4 is 36.8 Å². The lowest BCUT2D eigenvalue weighted by molar-refractivity contribution is -0.139. The second kappa shape index (κ2) is 20.4. The topological polar surface area (TPSA) is 112 Å². The van der Waals surface area contributed by atoms with Crippen molar-refractivity contribution in [1.29, 1.82) is 0 Å². The summed E-state index contributed by atoms with van der Waals surface area (Å²) in [6.45, 7) is 2.67. The monoisotopic (exact) mass is 366 g/mol. The predicted molar refractivity (Wildman–Crippen MR) is 82.3 cm³/mol. The molecule has 0 aromatic heterocycles. The molecule has 8 nitrogen and oxygen atoms in total. The molecule has 0 aliphatic rings. The van der Waals surface area contributed by atoms with Gasteiger partial charge in [0.2, 0.25) is 0 Å². The van der Waals surface area contributed by atoms with Gasteiger partial charge in [-0.05, 0) is 0 Å². The third kappa shape index (κ3) is 24.4. The normalized spacial score (nSPS) is 9.64. The van der Waals surface area contributed by atoms with Crippen LogP contribution in [0.4, 0.5) is 0 Å². The molecule has 0 aromatic rings. The van der Waals surface area contributed by atoms with Crippen LogP contribution < -0.4 is 0 Å². The summed E-state index contributed by atoms with van der Waals surface area (Å²) in [7, 11) is 0. The van der Waals surface area contributed by atoms with Gasteiger partial charge in [0.15, 0.2) is 0 Å². The highest BCUT2D eigenvalue weighted by molar-refractivity contribution is 5.85. The molecular weight excluding hydrogens is 343 g/mol. The molecule has 0 aromatic carbocycles. The quantitative estimate of drug-likeness (QED) is 0.410. The summed E-state index contributed by atoms with van der Waals surface area (Å²) >= 11 is 0. The molecule has 10 heteroatoms. The number of hydrogen-bond acceptors (Lipinski definition) is 6. The number of ether oxygens (including phenoxy) is 4. The first kappa shape index (κ1) is 26.3. The van der Waals surface area contributed by atoms with E-state index in [1.165, 1.54) is 0 Å². The molecule has 0 amide bonds. The van der Waals surface area contributed by atoms with Crippen molar-refractivity contribution in [2.45, 2.75) is 12.8 Å². The summed E-state index contributed by atoms with van der Waals surface area (Å²) < 4.78 is 20.4. The number of rotatable bonds is 15. The maximum atomic E-state index is 10.2. The van der Waals surface area contributed by atoms with Crippen LogP contribution in [0.2, 0.25) is 0 Å². The highest BCUT2D eigenvalue weighted by Crippen LogP contribution is 1.86. The van der Waals surface area contributed by atoms with Crippen LogP contribution in [0.15, 0.2) is 0 Å². The van der Waals surface area contributed by atoms with Crippen LogP contribution in [-0.2, 0) is 28.5 Å². The van der Waals surface area contributed by atoms with Crippen molar-refractivity contribution in [3.63, 3.8) is 0 Å². The number of carboxylic acids is 2. The van der Waals surface area contributed by atoms with E-state index in [-0.39, 0.29) is 50.9 Å². The van der Waals surface area contributed by atoms with Gasteiger partial charge >= 0.3 is 11.9 Å². The molecule has 0 aliphatic heterocycles. The molecule has 22 heavy (non-hydrogen) atoms. The molecule has 0 heterocycles. The van der Waals surface area contributed by atoms with Crippen molar-refractivity contribution in [2.24, 2.45) is 0 Å². The first-order chi connectivity index (χ1) is 9.63. The van der Waals surface area contributed by atoms with E-state index in [9.17, 15) is 9.59 Å². The molecule has 0 aliphatic carbocycles. The lowest BCUT2D eigenvalue weighted by Crippen LogP contribution is -2.13. The second-order valence-corrected chi connectivity index (χ2v) is 3.74. The summed E-state index contributed by atoms with van der Waals surface area (Å²) in [6, 6.07) is 0. The Morgan fingerprint density at radius 2 is 0.773 bits per heavy atom. The van der Waals surface area contributed by atoms with Crippen molar-refractivity contribution in [3.05, 3.63) is 0 Å². The molecule has 0 rings (SSSR count). The zero-order valence-electron chi connectivity index (χ0n) is 12.2. The van der Waals surface area contributed by atoms with Crippen LogP contribution >= 0.6 is 24.8 Å². The van der Waals surface area contributed by atoms with Gasteiger partial charge in [-0.3, -0.25) is 9.59 Å². The van der Waals surface area contributed by atoms with Crippen molar-refractivity contribution in [2.75, 3.05) is 52.9 Å². The molecule has 0 bridgehead atoms. The van der Waals surface area contributed by atoms with E-state index in [4.69, 9.17) is 29.2 Å². The Morgan fingerprint density at radius 3 is 1.00 bits per heavy atom. The maximum Gasteiger partial charge on any atom is 0.305 e. The maximum absolute atomic E-state index is 10.2. The molecule has 0 saturated heterocycles. The van der Waals surface area contributed by atoms with Crippen LogP contribution in [0.5, 0.6) is 0 Å². The molecule has 134 valence electrons. The van der Waals surface area contributed by atoms with Gasteiger partial charge < -0.3 is 29.2 Å². The summed E-state index contributed by atoms with van der Waals surface area (Å²) in [4.78, 5) is 20.3. The van der Waals surface area contributed by atoms with Crippen molar-refractivity contribution in [1.82, 2.24) is 0 Å². The first-order valence-corrected chi connectivity index (χ1v) is 6.37. The Morgan fingerprint density at radius 1 is 0.545 bits per heavy atom. The lowest BCUT2D eigenvalue weighted by Gasteiger charge is -2.06. The Balaban J connectivity index is -0.00000180. The van der Waals surface area contributed by atoms with Gasteiger partial charge in [0.25, 0.3) is 0 Å². The molecule has 0 unspecified atom stereocenters. The van der Waals surface area contributed by atoms with Gasteiger partial charge in [0, 0.05) is 0 Å². The number of aliphatic carboxylic acids is 2. The van der Waals surface area contributed by atoms with Crippen LogP contribution in [0.1, 0.15) is 12.8 Å².